The van der Waals surface area contributed by atoms with Gasteiger partial charge in [0.05, 0.1) is 5.69 Å². The third kappa shape index (κ3) is 2.49. The monoisotopic (exact) mass is 222 g/mol. The molecule has 0 bridgehead atoms. The summed E-state index contributed by atoms with van der Waals surface area (Å²) >= 11 is 0. The molecule has 1 saturated carbocycles. The van der Waals surface area contributed by atoms with Crippen LogP contribution in [0.15, 0.2) is 6.20 Å². The second-order valence-electron chi connectivity index (χ2n) is 4.97. The molecule has 1 aromatic heterocycles. The lowest BCUT2D eigenvalue weighted by atomic mass is 9.89. The molecule has 0 saturated heterocycles. The molecule has 0 amide bonds. The second kappa shape index (κ2) is 4.76. The van der Waals surface area contributed by atoms with E-state index in [9.17, 15) is 0 Å². The van der Waals surface area contributed by atoms with Gasteiger partial charge in [0.15, 0.2) is 5.82 Å². The maximum Gasteiger partial charge on any atom is 0.173 e. The molecule has 0 atom stereocenters. The summed E-state index contributed by atoms with van der Waals surface area (Å²) in [7, 11) is 4.00. The first-order chi connectivity index (χ1) is 7.66. The van der Waals surface area contributed by atoms with Gasteiger partial charge in [-0.2, -0.15) is 5.10 Å². The highest BCUT2D eigenvalue weighted by atomic mass is 15.3. The Morgan fingerprint density at radius 3 is 2.69 bits per heavy atom. The topological polar surface area (TPSA) is 47.1 Å². The van der Waals surface area contributed by atoms with Crippen molar-refractivity contribution in [3.05, 3.63) is 6.20 Å². The molecular weight excluding hydrogens is 200 g/mol. The SMILES string of the molecule is CN(CC1CCCCC1)c1nn(C)cc1N. The molecule has 4 nitrogen and oxygen atoms in total. The minimum Gasteiger partial charge on any atom is -0.394 e. The molecule has 0 aromatic carbocycles. The zero-order chi connectivity index (χ0) is 11.5. The van der Waals surface area contributed by atoms with E-state index in [1.807, 2.05) is 13.2 Å². The van der Waals surface area contributed by atoms with Gasteiger partial charge in [-0.25, -0.2) is 0 Å². The average molecular weight is 222 g/mol. The van der Waals surface area contributed by atoms with Crippen molar-refractivity contribution in [2.75, 3.05) is 24.2 Å². The summed E-state index contributed by atoms with van der Waals surface area (Å²) in [4.78, 5) is 2.20. The molecule has 1 aromatic rings. The van der Waals surface area contributed by atoms with Gasteiger partial charge in [-0.3, -0.25) is 4.68 Å². The van der Waals surface area contributed by atoms with Crippen LogP contribution in [0.5, 0.6) is 0 Å². The Bertz CT molecular complexity index is 339. The number of nitrogens with two attached hydrogens (primary N) is 1. The minimum atomic E-state index is 0.779. The van der Waals surface area contributed by atoms with Crippen LogP contribution in [0.25, 0.3) is 0 Å². The van der Waals surface area contributed by atoms with Crippen molar-refractivity contribution in [2.45, 2.75) is 32.1 Å². The Kier molecular flexibility index (Phi) is 3.36. The predicted octanol–water partition coefficient (Wildman–Crippen LogP) is 2.02. The van der Waals surface area contributed by atoms with Crippen LogP contribution < -0.4 is 10.6 Å². The lowest BCUT2D eigenvalue weighted by Crippen LogP contribution is -2.27. The van der Waals surface area contributed by atoms with Crippen molar-refractivity contribution in [2.24, 2.45) is 13.0 Å². The molecule has 1 aliphatic rings. The Morgan fingerprint density at radius 1 is 1.44 bits per heavy atom. The van der Waals surface area contributed by atoms with Crippen molar-refractivity contribution in [1.82, 2.24) is 9.78 Å². The highest BCUT2D eigenvalue weighted by Gasteiger charge is 2.17. The van der Waals surface area contributed by atoms with Gasteiger partial charge in [-0.05, 0) is 18.8 Å². The van der Waals surface area contributed by atoms with Crippen LogP contribution in [0.2, 0.25) is 0 Å². The standard InChI is InChI=1S/C12H22N4/c1-15(8-10-6-4-3-5-7-10)12-11(13)9-16(2)14-12/h9-10H,3-8,13H2,1-2H3. The molecule has 90 valence electrons. The third-order valence-corrected chi connectivity index (χ3v) is 3.45. The summed E-state index contributed by atoms with van der Waals surface area (Å²) in [5.74, 6) is 1.74. The van der Waals surface area contributed by atoms with Crippen molar-refractivity contribution in [3.8, 4) is 0 Å². The van der Waals surface area contributed by atoms with Gasteiger partial charge in [0.25, 0.3) is 0 Å². The molecular formula is C12H22N4. The average Bonchev–Trinajstić information content (AvgIpc) is 2.59. The van der Waals surface area contributed by atoms with Crippen molar-refractivity contribution in [1.29, 1.82) is 0 Å². The summed E-state index contributed by atoms with van der Waals surface area (Å²) < 4.78 is 1.78. The van der Waals surface area contributed by atoms with E-state index < -0.39 is 0 Å². The summed E-state index contributed by atoms with van der Waals surface area (Å²) in [5.41, 5.74) is 6.70. The second-order valence-corrected chi connectivity index (χ2v) is 4.97. The van der Waals surface area contributed by atoms with Gasteiger partial charge in [0, 0.05) is 26.8 Å². The van der Waals surface area contributed by atoms with E-state index >= 15 is 0 Å². The molecule has 0 radical (unpaired) electrons. The first-order valence-electron chi connectivity index (χ1n) is 6.17. The van der Waals surface area contributed by atoms with E-state index in [0.717, 1.165) is 24.0 Å². The molecule has 16 heavy (non-hydrogen) atoms. The summed E-state index contributed by atoms with van der Waals surface area (Å²) in [5, 5.41) is 4.39. The van der Waals surface area contributed by atoms with Crippen molar-refractivity contribution >= 4 is 11.5 Å². The van der Waals surface area contributed by atoms with Gasteiger partial charge < -0.3 is 10.6 Å². The highest BCUT2D eigenvalue weighted by molar-refractivity contribution is 5.61. The predicted molar refractivity (Wildman–Crippen MR) is 67.5 cm³/mol. The largest absolute Gasteiger partial charge is 0.394 e. The number of hydrogen-bond donors (Lipinski definition) is 1. The quantitative estimate of drug-likeness (QED) is 0.851. The van der Waals surface area contributed by atoms with Crippen LogP contribution in [0, 0.1) is 5.92 Å². The fourth-order valence-electron chi connectivity index (χ4n) is 2.64. The van der Waals surface area contributed by atoms with Crippen LogP contribution in [0.4, 0.5) is 11.5 Å². The number of anilines is 2. The Morgan fingerprint density at radius 2 is 2.12 bits per heavy atom. The number of hydrogen-bond acceptors (Lipinski definition) is 3. The van der Waals surface area contributed by atoms with Gasteiger partial charge in [-0.15, -0.1) is 0 Å². The first kappa shape index (κ1) is 11.3. The molecule has 1 aliphatic carbocycles. The third-order valence-electron chi connectivity index (χ3n) is 3.45. The number of rotatable bonds is 3. The van der Waals surface area contributed by atoms with Crippen LogP contribution in [-0.4, -0.2) is 23.4 Å². The minimum absolute atomic E-state index is 0.779. The fourth-order valence-corrected chi connectivity index (χ4v) is 2.64. The van der Waals surface area contributed by atoms with Gasteiger partial charge in [0.2, 0.25) is 0 Å². The zero-order valence-electron chi connectivity index (χ0n) is 10.3. The molecule has 4 heteroatoms. The summed E-state index contributed by atoms with van der Waals surface area (Å²) in [6.45, 7) is 1.08. The molecule has 2 rings (SSSR count). The van der Waals surface area contributed by atoms with E-state index in [0.29, 0.717) is 0 Å². The van der Waals surface area contributed by atoms with E-state index in [2.05, 4.69) is 17.0 Å². The van der Waals surface area contributed by atoms with Gasteiger partial charge in [-0.1, -0.05) is 19.3 Å². The molecule has 2 N–H and O–H groups in total. The van der Waals surface area contributed by atoms with Crippen LogP contribution >= 0.6 is 0 Å². The molecule has 0 spiro atoms. The van der Waals surface area contributed by atoms with E-state index in [1.165, 1.54) is 32.1 Å². The summed E-state index contributed by atoms with van der Waals surface area (Å²) in [6, 6.07) is 0. The lowest BCUT2D eigenvalue weighted by molar-refractivity contribution is 0.361. The number of nitrogens with zero attached hydrogens (tertiary/aromatic N) is 3. The molecule has 0 unspecified atom stereocenters. The van der Waals surface area contributed by atoms with Crippen molar-refractivity contribution in [3.63, 3.8) is 0 Å². The normalized spacial score (nSPS) is 17.6. The molecule has 1 heterocycles. The zero-order valence-corrected chi connectivity index (χ0v) is 10.3. The van der Waals surface area contributed by atoms with Crippen molar-refractivity contribution < 1.29 is 0 Å². The Labute approximate surface area is 97.4 Å². The smallest absolute Gasteiger partial charge is 0.173 e. The van der Waals surface area contributed by atoms with Gasteiger partial charge >= 0.3 is 0 Å². The summed E-state index contributed by atoms with van der Waals surface area (Å²) in [6.07, 6.45) is 8.76. The maximum absolute atomic E-state index is 5.92. The number of nitrogen functional groups attached to an aromatic ring is 1. The van der Waals surface area contributed by atoms with E-state index in [1.54, 1.807) is 4.68 Å². The van der Waals surface area contributed by atoms with Crippen LogP contribution in [-0.2, 0) is 7.05 Å². The fraction of sp³-hybridized carbons (Fsp3) is 0.750. The van der Waals surface area contributed by atoms with E-state index in [4.69, 9.17) is 5.73 Å². The Balaban J connectivity index is 1.96. The maximum atomic E-state index is 5.92. The Hall–Kier alpha value is -1.19. The number of aromatic nitrogens is 2. The molecule has 0 aliphatic heterocycles. The highest BCUT2D eigenvalue weighted by Crippen LogP contribution is 2.27. The number of aryl methyl sites for hydroxylation is 1. The first-order valence-corrected chi connectivity index (χ1v) is 6.17. The van der Waals surface area contributed by atoms with Crippen LogP contribution in [0.3, 0.4) is 0 Å². The van der Waals surface area contributed by atoms with E-state index in [-0.39, 0.29) is 0 Å². The molecule has 1 fully saturated rings. The van der Waals surface area contributed by atoms with Gasteiger partial charge in [0.1, 0.15) is 0 Å². The van der Waals surface area contributed by atoms with Crippen LogP contribution in [0.1, 0.15) is 32.1 Å². The lowest BCUT2D eigenvalue weighted by Gasteiger charge is -2.27.